The number of amides is 1. The van der Waals surface area contributed by atoms with Crippen molar-refractivity contribution in [2.45, 2.75) is 19.4 Å². The van der Waals surface area contributed by atoms with Gasteiger partial charge in [-0.05, 0) is 37.3 Å². The zero-order valence-electron chi connectivity index (χ0n) is 18.0. The van der Waals surface area contributed by atoms with E-state index in [4.69, 9.17) is 23.9 Å². The zero-order chi connectivity index (χ0) is 22.0. The Kier molecular flexibility index (Phi) is 5.79. The monoisotopic (exact) mass is 423 g/mol. The minimum absolute atomic E-state index is 0.0473. The first-order chi connectivity index (χ1) is 15.0. The Morgan fingerprint density at radius 2 is 1.84 bits per heavy atom. The quantitative estimate of drug-likeness (QED) is 0.624. The zero-order valence-corrected chi connectivity index (χ0v) is 18.0. The fraction of sp³-hybridized carbons (Fsp3) is 0.348. The second kappa shape index (κ2) is 8.67. The first kappa shape index (κ1) is 20.7. The normalized spacial score (nSPS) is 16.6. The highest BCUT2D eigenvalue weighted by Crippen LogP contribution is 2.41. The molecule has 0 unspecified atom stereocenters. The first-order valence-electron chi connectivity index (χ1n) is 10.0. The summed E-state index contributed by atoms with van der Waals surface area (Å²) in [5.41, 5.74) is 2.19. The molecule has 2 atom stereocenters. The number of hydrogen-bond acceptors (Lipinski definition) is 7. The van der Waals surface area contributed by atoms with Crippen LogP contribution in [-0.4, -0.2) is 49.9 Å². The summed E-state index contributed by atoms with van der Waals surface area (Å²) < 4.78 is 22.6. The molecule has 1 aliphatic heterocycles. The van der Waals surface area contributed by atoms with Crippen molar-refractivity contribution in [3.8, 4) is 34.4 Å². The molecule has 3 aromatic rings. The van der Waals surface area contributed by atoms with Gasteiger partial charge in [-0.1, -0.05) is 0 Å². The Labute approximate surface area is 180 Å². The molecular weight excluding hydrogens is 398 g/mol. The van der Waals surface area contributed by atoms with Crippen LogP contribution >= 0.6 is 0 Å². The van der Waals surface area contributed by atoms with Gasteiger partial charge in [0.05, 0.1) is 37.9 Å². The number of aromatic nitrogens is 2. The third-order valence-electron chi connectivity index (χ3n) is 5.50. The maximum Gasteiger partial charge on any atom is 0.223 e. The van der Waals surface area contributed by atoms with Gasteiger partial charge in [-0.3, -0.25) is 9.78 Å². The minimum atomic E-state index is -0.190. The van der Waals surface area contributed by atoms with E-state index in [1.807, 2.05) is 37.3 Å². The molecule has 8 heteroatoms. The summed E-state index contributed by atoms with van der Waals surface area (Å²) in [5, 5.41) is 3.66. The van der Waals surface area contributed by atoms with E-state index in [0.29, 0.717) is 41.8 Å². The number of fused-ring (bicyclic) bond motifs is 1. The van der Waals surface area contributed by atoms with Crippen LogP contribution in [0.3, 0.4) is 0 Å². The lowest BCUT2D eigenvalue weighted by Crippen LogP contribution is -2.26. The fourth-order valence-corrected chi connectivity index (χ4v) is 3.74. The Balaban J connectivity index is 1.78. The number of hydrogen-bond donors (Lipinski definition) is 1. The molecule has 1 aromatic carbocycles. The topological polar surface area (TPSA) is 91.8 Å². The number of benzene rings is 1. The van der Waals surface area contributed by atoms with Crippen LogP contribution in [0.5, 0.6) is 23.1 Å². The predicted molar refractivity (Wildman–Crippen MR) is 116 cm³/mol. The molecule has 1 N–H and O–H groups in total. The van der Waals surface area contributed by atoms with Crippen molar-refractivity contribution in [3.05, 3.63) is 36.5 Å². The summed E-state index contributed by atoms with van der Waals surface area (Å²) in [5.74, 6) is 2.19. The van der Waals surface area contributed by atoms with Gasteiger partial charge in [0.15, 0.2) is 11.5 Å². The summed E-state index contributed by atoms with van der Waals surface area (Å²) in [6, 6.07) is 9.35. The molecule has 8 nitrogen and oxygen atoms in total. The van der Waals surface area contributed by atoms with Crippen LogP contribution in [0, 0.1) is 5.92 Å². The molecule has 1 aliphatic rings. The summed E-state index contributed by atoms with van der Waals surface area (Å²) >= 11 is 0. The van der Waals surface area contributed by atoms with Gasteiger partial charge in [-0.2, -0.15) is 0 Å². The minimum Gasteiger partial charge on any atom is -0.493 e. The first-order valence-corrected chi connectivity index (χ1v) is 10.0. The Hall–Kier alpha value is -3.55. The number of nitrogens with zero attached hydrogens (tertiary/aromatic N) is 2. The van der Waals surface area contributed by atoms with E-state index in [0.717, 1.165) is 16.5 Å². The van der Waals surface area contributed by atoms with E-state index in [1.54, 1.807) is 27.5 Å². The Morgan fingerprint density at radius 3 is 2.45 bits per heavy atom. The van der Waals surface area contributed by atoms with Crippen molar-refractivity contribution in [2.75, 3.05) is 27.9 Å². The lowest BCUT2D eigenvalue weighted by molar-refractivity contribution is -0.119. The highest BCUT2D eigenvalue weighted by molar-refractivity contribution is 5.87. The predicted octanol–water partition coefficient (Wildman–Crippen LogP) is 3.23. The number of nitrogens with one attached hydrogen (secondary N) is 1. The van der Waals surface area contributed by atoms with Gasteiger partial charge < -0.3 is 24.3 Å². The van der Waals surface area contributed by atoms with Crippen molar-refractivity contribution >= 4 is 16.8 Å². The molecule has 2 aromatic heterocycles. The van der Waals surface area contributed by atoms with Crippen LogP contribution in [0.1, 0.15) is 13.3 Å². The number of pyridine rings is 2. The maximum absolute atomic E-state index is 11.6. The standard InChI is InChI=1S/C23H25N3O5/c1-13(15-10-21(27)25-12-15)31-23-16-6-5-7-24-18(16)11-17(26-23)14-8-19(28-2)22(30-4)20(9-14)29-3/h5-9,11,13,15H,10,12H2,1-4H3,(H,25,27)/t13-,15-/m1/s1. The van der Waals surface area contributed by atoms with Crippen LogP contribution in [-0.2, 0) is 4.79 Å². The second-order valence-electron chi connectivity index (χ2n) is 7.39. The average molecular weight is 423 g/mol. The molecule has 0 aliphatic carbocycles. The summed E-state index contributed by atoms with van der Waals surface area (Å²) in [4.78, 5) is 20.9. The molecule has 1 fully saturated rings. The fourth-order valence-electron chi connectivity index (χ4n) is 3.74. The van der Waals surface area contributed by atoms with E-state index >= 15 is 0 Å². The van der Waals surface area contributed by atoms with Gasteiger partial charge in [-0.15, -0.1) is 0 Å². The highest BCUT2D eigenvalue weighted by Gasteiger charge is 2.29. The molecule has 0 radical (unpaired) electrons. The molecule has 0 bridgehead atoms. The van der Waals surface area contributed by atoms with Crippen molar-refractivity contribution in [2.24, 2.45) is 5.92 Å². The lowest BCUT2D eigenvalue weighted by atomic mass is 10.0. The van der Waals surface area contributed by atoms with Gasteiger partial charge in [0, 0.05) is 30.6 Å². The van der Waals surface area contributed by atoms with Gasteiger partial charge in [0.1, 0.15) is 6.10 Å². The van der Waals surface area contributed by atoms with Crippen LogP contribution in [0.2, 0.25) is 0 Å². The van der Waals surface area contributed by atoms with E-state index in [1.165, 1.54) is 0 Å². The molecule has 0 spiro atoms. The van der Waals surface area contributed by atoms with Crippen molar-refractivity contribution in [3.63, 3.8) is 0 Å². The number of methoxy groups -OCH3 is 3. The van der Waals surface area contributed by atoms with E-state index in [-0.39, 0.29) is 17.9 Å². The molecule has 31 heavy (non-hydrogen) atoms. The summed E-state index contributed by atoms with van der Waals surface area (Å²) in [7, 11) is 4.71. The summed E-state index contributed by atoms with van der Waals surface area (Å²) in [6.07, 6.45) is 1.99. The molecule has 1 saturated heterocycles. The highest BCUT2D eigenvalue weighted by atomic mass is 16.5. The number of rotatable bonds is 7. The third-order valence-corrected chi connectivity index (χ3v) is 5.50. The van der Waals surface area contributed by atoms with E-state index in [9.17, 15) is 4.79 Å². The third kappa shape index (κ3) is 4.05. The lowest BCUT2D eigenvalue weighted by Gasteiger charge is -2.20. The van der Waals surface area contributed by atoms with Gasteiger partial charge >= 0.3 is 0 Å². The van der Waals surface area contributed by atoms with Crippen molar-refractivity contribution in [1.82, 2.24) is 15.3 Å². The molecular formula is C23H25N3O5. The molecule has 3 heterocycles. The van der Waals surface area contributed by atoms with Crippen LogP contribution in [0.25, 0.3) is 22.2 Å². The van der Waals surface area contributed by atoms with E-state index in [2.05, 4.69) is 10.3 Å². The Bertz CT molecular complexity index is 1090. The molecule has 1 amide bonds. The SMILES string of the molecule is COc1cc(-c2cc3ncccc3c(O[C@H](C)[C@H]3CNC(=O)C3)n2)cc(OC)c1OC. The molecule has 0 saturated carbocycles. The smallest absolute Gasteiger partial charge is 0.223 e. The molecule has 162 valence electrons. The second-order valence-corrected chi connectivity index (χ2v) is 7.39. The average Bonchev–Trinajstić information content (AvgIpc) is 3.24. The van der Waals surface area contributed by atoms with E-state index < -0.39 is 0 Å². The van der Waals surface area contributed by atoms with Crippen LogP contribution in [0.15, 0.2) is 36.5 Å². The van der Waals surface area contributed by atoms with Gasteiger partial charge in [0.2, 0.25) is 17.5 Å². The van der Waals surface area contributed by atoms with Gasteiger partial charge in [-0.25, -0.2) is 4.98 Å². The number of ether oxygens (including phenoxy) is 4. The van der Waals surface area contributed by atoms with Gasteiger partial charge in [0.25, 0.3) is 0 Å². The molecule has 4 rings (SSSR count). The number of carbonyl (C=O) groups excluding carboxylic acids is 1. The maximum atomic E-state index is 11.6. The largest absolute Gasteiger partial charge is 0.493 e. The van der Waals surface area contributed by atoms with Crippen molar-refractivity contribution < 1.29 is 23.7 Å². The summed E-state index contributed by atoms with van der Waals surface area (Å²) in [6.45, 7) is 2.56. The van der Waals surface area contributed by atoms with Crippen LogP contribution in [0.4, 0.5) is 0 Å². The van der Waals surface area contributed by atoms with Crippen LogP contribution < -0.4 is 24.3 Å². The van der Waals surface area contributed by atoms with Crippen molar-refractivity contribution in [1.29, 1.82) is 0 Å². The number of carbonyl (C=O) groups is 1. The Morgan fingerprint density at radius 1 is 1.10 bits per heavy atom.